The first-order valence-electron chi connectivity index (χ1n) is 9.42. The van der Waals surface area contributed by atoms with E-state index in [1.54, 1.807) is 0 Å². The molecule has 0 radical (unpaired) electrons. The van der Waals surface area contributed by atoms with E-state index in [0.717, 1.165) is 31.5 Å². The second-order valence-corrected chi connectivity index (χ2v) is 7.72. The van der Waals surface area contributed by atoms with Gasteiger partial charge in [0.15, 0.2) is 0 Å². The molecule has 2 heterocycles. The van der Waals surface area contributed by atoms with E-state index in [1.165, 1.54) is 6.42 Å². The molecule has 2 amide bonds. The lowest BCUT2D eigenvalue weighted by atomic mass is 10.0. The molecule has 136 valence electrons. The first kappa shape index (κ1) is 17.9. The molecular weight excluding hydrogens is 314 g/mol. The lowest BCUT2D eigenvalue weighted by Crippen LogP contribution is -2.46. The number of benzene rings is 1. The summed E-state index contributed by atoms with van der Waals surface area (Å²) in [5.41, 5.74) is 0.854. The SMILES string of the molecule is CC(C)CC(=O)NC(C(=O)N1CCC2CCC(C1)N2)c1ccccc1. The van der Waals surface area contributed by atoms with Crippen molar-refractivity contribution < 1.29 is 9.59 Å². The quantitative estimate of drug-likeness (QED) is 0.862. The Balaban J connectivity index is 1.75. The van der Waals surface area contributed by atoms with Crippen LogP contribution in [0.5, 0.6) is 0 Å². The van der Waals surface area contributed by atoms with Crippen molar-refractivity contribution in [2.75, 3.05) is 13.1 Å². The van der Waals surface area contributed by atoms with Gasteiger partial charge in [0, 0.05) is 31.6 Å². The lowest BCUT2D eigenvalue weighted by molar-refractivity contribution is -0.137. The Bertz CT molecular complexity index is 602. The summed E-state index contributed by atoms with van der Waals surface area (Å²) in [6.07, 6.45) is 3.76. The topological polar surface area (TPSA) is 61.4 Å². The predicted molar refractivity (Wildman–Crippen MR) is 97.9 cm³/mol. The Labute approximate surface area is 150 Å². The summed E-state index contributed by atoms with van der Waals surface area (Å²) in [7, 11) is 0. The summed E-state index contributed by atoms with van der Waals surface area (Å²) >= 11 is 0. The van der Waals surface area contributed by atoms with E-state index in [0.29, 0.717) is 18.5 Å². The Morgan fingerprint density at radius 1 is 1.16 bits per heavy atom. The van der Waals surface area contributed by atoms with E-state index in [2.05, 4.69) is 10.6 Å². The minimum Gasteiger partial charge on any atom is -0.341 e. The molecule has 3 atom stereocenters. The van der Waals surface area contributed by atoms with Gasteiger partial charge < -0.3 is 15.5 Å². The van der Waals surface area contributed by atoms with Gasteiger partial charge in [0.1, 0.15) is 6.04 Å². The summed E-state index contributed by atoms with van der Waals surface area (Å²) < 4.78 is 0. The normalized spacial score (nSPS) is 24.0. The Morgan fingerprint density at radius 2 is 1.88 bits per heavy atom. The molecule has 0 spiro atoms. The highest BCUT2D eigenvalue weighted by Gasteiger charge is 2.34. The molecule has 2 saturated heterocycles. The molecule has 0 saturated carbocycles. The number of carbonyl (C=O) groups is 2. The molecule has 25 heavy (non-hydrogen) atoms. The van der Waals surface area contributed by atoms with Gasteiger partial charge in [-0.25, -0.2) is 0 Å². The zero-order valence-electron chi connectivity index (χ0n) is 15.2. The second-order valence-electron chi connectivity index (χ2n) is 7.72. The molecule has 3 unspecified atom stereocenters. The van der Waals surface area contributed by atoms with Crippen molar-refractivity contribution in [2.45, 2.75) is 57.7 Å². The van der Waals surface area contributed by atoms with Gasteiger partial charge in [0.05, 0.1) is 0 Å². The largest absolute Gasteiger partial charge is 0.341 e. The molecule has 0 aromatic heterocycles. The first-order chi connectivity index (χ1) is 12.0. The molecular formula is C20H29N3O2. The van der Waals surface area contributed by atoms with Crippen LogP contribution in [-0.2, 0) is 9.59 Å². The maximum atomic E-state index is 13.2. The van der Waals surface area contributed by atoms with Crippen LogP contribution in [0, 0.1) is 5.92 Å². The molecule has 2 N–H and O–H groups in total. The summed E-state index contributed by atoms with van der Waals surface area (Å²) in [4.78, 5) is 27.5. The minimum absolute atomic E-state index is 0.0117. The summed E-state index contributed by atoms with van der Waals surface area (Å²) in [6.45, 7) is 5.52. The van der Waals surface area contributed by atoms with Crippen molar-refractivity contribution in [3.8, 4) is 0 Å². The van der Waals surface area contributed by atoms with Crippen LogP contribution in [0.2, 0.25) is 0 Å². The van der Waals surface area contributed by atoms with E-state index in [4.69, 9.17) is 0 Å². The zero-order chi connectivity index (χ0) is 17.8. The van der Waals surface area contributed by atoms with Crippen LogP contribution in [0.1, 0.15) is 51.1 Å². The third kappa shape index (κ3) is 4.60. The van der Waals surface area contributed by atoms with Gasteiger partial charge in [-0.15, -0.1) is 0 Å². The lowest BCUT2D eigenvalue weighted by Gasteiger charge is -2.29. The third-order valence-corrected chi connectivity index (χ3v) is 5.11. The molecule has 1 aromatic rings. The van der Waals surface area contributed by atoms with Crippen molar-refractivity contribution >= 4 is 11.8 Å². The molecule has 2 bridgehead atoms. The molecule has 5 nitrogen and oxygen atoms in total. The van der Waals surface area contributed by atoms with Crippen LogP contribution in [0.3, 0.4) is 0 Å². The highest BCUT2D eigenvalue weighted by atomic mass is 16.2. The first-order valence-corrected chi connectivity index (χ1v) is 9.42. The van der Waals surface area contributed by atoms with Crippen LogP contribution in [0.25, 0.3) is 0 Å². The minimum atomic E-state index is -0.593. The highest BCUT2D eigenvalue weighted by Crippen LogP contribution is 2.23. The van der Waals surface area contributed by atoms with Crippen molar-refractivity contribution in [3.63, 3.8) is 0 Å². The van der Waals surface area contributed by atoms with Gasteiger partial charge in [0.25, 0.3) is 0 Å². The van der Waals surface area contributed by atoms with Crippen molar-refractivity contribution in [1.82, 2.24) is 15.5 Å². The Kier molecular flexibility index (Phi) is 5.74. The van der Waals surface area contributed by atoms with Gasteiger partial charge in [-0.3, -0.25) is 9.59 Å². The van der Waals surface area contributed by atoms with Crippen molar-refractivity contribution in [2.24, 2.45) is 5.92 Å². The average molecular weight is 343 g/mol. The highest BCUT2D eigenvalue weighted by molar-refractivity contribution is 5.88. The maximum absolute atomic E-state index is 13.2. The molecule has 0 aliphatic carbocycles. The summed E-state index contributed by atoms with van der Waals surface area (Å²) in [6, 6.07) is 9.92. The number of hydrogen-bond acceptors (Lipinski definition) is 3. The number of nitrogens with one attached hydrogen (secondary N) is 2. The van der Waals surface area contributed by atoms with Gasteiger partial charge in [-0.2, -0.15) is 0 Å². The summed E-state index contributed by atoms with van der Waals surface area (Å²) in [5.74, 6) is 0.217. The van der Waals surface area contributed by atoms with E-state index in [-0.39, 0.29) is 17.7 Å². The number of carbonyl (C=O) groups excluding carboxylic acids is 2. The Morgan fingerprint density at radius 3 is 2.60 bits per heavy atom. The Hall–Kier alpha value is -1.88. The van der Waals surface area contributed by atoms with Crippen molar-refractivity contribution in [3.05, 3.63) is 35.9 Å². The molecule has 2 aliphatic rings. The average Bonchev–Trinajstić information content (AvgIpc) is 2.91. The van der Waals surface area contributed by atoms with Gasteiger partial charge in [-0.1, -0.05) is 44.2 Å². The van der Waals surface area contributed by atoms with Crippen LogP contribution >= 0.6 is 0 Å². The predicted octanol–water partition coefficient (Wildman–Crippen LogP) is 2.24. The molecule has 2 aliphatic heterocycles. The van der Waals surface area contributed by atoms with Crippen LogP contribution < -0.4 is 10.6 Å². The monoisotopic (exact) mass is 343 g/mol. The maximum Gasteiger partial charge on any atom is 0.249 e. The van der Waals surface area contributed by atoms with Crippen LogP contribution in [-0.4, -0.2) is 41.9 Å². The van der Waals surface area contributed by atoms with E-state index < -0.39 is 6.04 Å². The van der Waals surface area contributed by atoms with Gasteiger partial charge >= 0.3 is 0 Å². The number of rotatable bonds is 5. The molecule has 2 fully saturated rings. The van der Waals surface area contributed by atoms with E-state index in [9.17, 15) is 9.59 Å². The smallest absolute Gasteiger partial charge is 0.249 e. The third-order valence-electron chi connectivity index (χ3n) is 5.11. The summed E-state index contributed by atoms with van der Waals surface area (Å²) in [5, 5.41) is 6.58. The van der Waals surface area contributed by atoms with Gasteiger partial charge in [-0.05, 0) is 30.7 Å². The number of amides is 2. The molecule has 3 rings (SSSR count). The van der Waals surface area contributed by atoms with Gasteiger partial charge in [0.2, 0.25) is 11.8 Å². The number of nitrogens with zero attached hydrogens (tertiary/aromatic N) is 1. The van der Waals surface area contributed by atoms with E-state index >= 15 is 0 Å². The second kappa shape index (κ2) is 8.00. The number of fused-ring (bicyclic) bond motifs is 2. The zero-order valence-corrected chi connectivity index (χ0v) is 15.2. The van der Waals surface area contributed by atoms with Crippen LogP contribution in [0.15, 0.2) is 30.3 Å². The molecule has 1 aromatic carbocycles. The van der Waals surface area contributed by atoms with E-state index in [1.807, 2.05) is 49.1 Å². The number of hydrogen-bond donors (Lipinski definition) is 2. The standard InChI is InChI=1S/C20H29N3O2/c1-14(2)12-18(24)22-19(15-6-4-3-5-7-15)20(25)23-11-10-16-8-9-17(13-23)21-16/h3-7,14,16-17,19,21H,8-13H2,1-2H3,(H,22,24). The fourth-order valence-electron chi connectivity index (χ4n) is 3.85. The fraction of sp³-hybridized carbons (Fsp3) is 0.600. The van der Waals surface area contributed by atoms with Crippen LogP contribution in [0.4, 0.5) is 0 Å². The fourth-order valence-corrected chi connectivity index (χ4v) is 3.85. The van der Waals surface area contributed by atoms with Crippen molar-refractivity contribution in [1.29, 1.82) is 0 Å². The molecule has 5 heteroatoms. The number of likely N-dealkylation sites (tertiary alicyclic amines) is 1.